The Balaban J connectivity index is 0.990. The van der Waals surface area contributed by atoms with Gasteiger partial charge in [-0.15, -0.1) is 11.3 Å². The average molecular weight is 736 g/mol. The summed E-state index contributed by atoms with van der Waals surface area (Å²) in [4.78, 5) is 25.0. The summed E-state index contributed by atoms with van der Waals surface area (Å²) in [5, 5.41) is 3.22. The number of fused-ring (bicyclic) bond motifs is 6. The lowest BCUT2D eigenvalue weighted by Gasteiger charge is -2.08. The van der Waals surface area contributed by atoms with E-state index in [1.165, 1.54) is 4.70 Å². The molecular weight excluding hydrogens is 707 g/mol. The Morgan fingerprint density at radius 1 is 0.375 bits per heavy atom. The number of benzene rings is 7. The van der Waals surface area contributed by atoms with Crippen LogP contribution in [0.2, 0.25) is 0 Å². The normalized spacial score (nSPS) is 11.6. The molecule has 11 rings (SSSR count). The lowest BCUT2D eigenvalue weighted by Crippen LogP contribution is -2.00. The topological polar surface area (TPSA) is 77.6 Å². The fraction of sp³-hybridized carbons (Fsp3) is 0. The van der Waals surface area contributed by atoms with Gasteiger partial charge in [0, 0.05) is 54.2 Å². The van der Waals surface area contributed by atoms with Crippen molar-refractivity contribution in [2.45, 2.75) is 0 Å². The molecule has 0 atom stereocenters. The van der Waals surface area contributed by atoms with Gasteiger partial charge in [-0.2, -0.15) is 0 Å². The molecule has 0 spiro atoms. The molecule has 56 heavy (non-hydrogen) atoms. The van der Waals surface area contributed by atoms with Crippen molar-refractivity contribution < 1.29 is 4.42 Å². The molecule has 4 aromatic heterocycles. The van der Waals surface area contributed by atoms with E-state index in [2.05, 4.69) is 103 Å². The Morgan fingerprint density at radius 3 is 1.61 bits per heavy atom. The van der Waals surface area contributed by atoms with Gasteiger partial charge in [0.1, 0.15) is 11.2 Å². The Hall–Kier alpha value is -7.35. The second-order valence-corrected chi connectivity index (χ2v) is 14.7. The quantitative estimate of drug-likeness (QED) is 0.169. The van der Waals surface area contributed by atoms with Gasteiger partial charge < -0.3 is 4.42 Å². The molecule has 0 saturated heterocycles. The second kappa shape index (κ2) is 13.2. The maximum Gasteiger partial charge on any atom is 0.164 e. The summed E-state index contributed by atoms with van der Waals surface area (Å²) in [6, 6.07) is 59.8. The largest absolute Gasteiger partial charge is 0.455 e. The van der Waals surface area contributed by atoms with Crippen molar-refractivity contribution in [3.05, 3.63) is 176 Å². The van der Waals surface area contributed by atoms with Crippen LogP contribution in [0.5, 0.6) is 0 Å². The number of thiophene rings is 1. The van der Waals surface area contributed by atoms with E-state index in [0.29, 0.717) is 23.3 Å². The average Bonchev–Trinajstić information content (AvgIpc) is 3.85. The molecule has 0 aliphatic rings. The first-order chi connectivity index (χ1) is 27.7. The van der Waals surface area contributed by atoms with Crippen molar-refractivity contribution in [3.8, 4) is 67.9 Å². The predicted molar refractivity (Wildman–Crippen MR) is 228 cm³/mol. The minimum absolute atomic E-state index is 0.585. The van der Waals surface area contributed by atoms with Crippen LogP contribution in [0.3, 0.4) is 0 Å². The molecule has 7 aromatic carbocycles. The molecule has 0 aliphatic heterocycles. The van der Waals surface area contributed by atoms with Crippen molar-refractivity contribution >= 4 is 53.6 Å². The first-order valence-electron chi connectivity index (χ1n) is 18.4. The number of nitrogens with zero attached hydrogens (tertiary/aromatic N) is 5. The molecule has 0 aliphatic carbocycles. The third-order valence-corrected chi connectivity index (χ3v) is 11.3. The minimum atomic E-state index is 0.585. The molecule has 11 aromatic rings. The fourth-order valence-electron chi connectivity index (χ4n) is 7.41. The zero-order valence-corrected chi connectivity index (χ0v) is 30.6. The third-order valence-electron chi connectivity index (χ3n) is 10.2. The Labute approximate surface area is 325 Å². The Kier molecular flexibility index (Phi) is 7.57. The number of furan rings is 1. The van der Waals surface area contributed by atoms with E-state index in [4.69, 9.17) is 29.3 Å². The van der Waals surface area contributed by atoms with Gasteiger partial charge in [-0.3, -0.25) is 0 Å². The minimum Gasteiger partial charge on any atom is -0.455 e. The van der Waals surface area contributed by atoms with Crippen LogP contribution in [0.4, 0.5) is 0 Å². The van der Waals surface area contributed by atoms with E-state index in [1.807, 2.05) is 72.8 Å². The molecule has 0 N–H and O–H groups in total. The highest BCUT2D eigenvalue weighted by atomic mass is 32.1. The van der Waals surface area contributed by atoms with Crippen LogP contribution in [0.25, 0.3) is 110 Å². The van der Waals surface area contributed by atoms with Crippen LogP contribution < -0.4 is 0 Å². The van der Waals surface area contributed by atoms with Gasteiger partial charge in [0.2, 0.25) is 0 Å². The monoisotopic (exact) mass is 735 g/mol. The highest BCUT2D eigenvalue weighted by molar-refractivity contribution is 7.26. The number of hydrogen-bond acceptors (Lipinski definition) is 7. The number of hydrogen-bond donors (Lipinski definition) is 0. The molecule has 0 saturated carbocycles. The lowest BCUT2D eigenvalue weighted by molar-refractivity contribution is 0.670. The Bertz CT molecular complexity index is 3180. The van der Waals surface area contributed by atoms with E-state index < -0.39 is 0 Å². The van der Waals surface area contributed by atoms with Gasteiger partial charge in [0.15, 0.2) is 23.3 Å². The van der Waals surface area contributed by atoms with Crippen molar-refractivity contribution in [3.63, 3.8) is 0 Å². The number of rotatable bonds is 6. The molecule has 7 heteroatoms. The van der Waals surface area contributed by atoms with Gasteiger partial charge in [-0.05, 0) is 23.8 Å². The second-order valence-electron chi connectivity index (χ2n) is 13.6. The van der Waals surface area contributed by atoms with Crippen LogP contribution in [0, 0.1) is 0 Å². The van der Waals surface area contributed by atoms with Gasteiger partial charge in [0.25, 0.3) is 0 Å². The van der Waals surface area contributed by atoms with Crippen LogP contribution in [0.15, 0.2) is 180 Å². The number of aromatic nitrogens is 5. The smallest absolute Gasteiger partial charge is 0.164 e. The maximum absolute atomic E-state index is 6.69. The molecular formula is C49H29N5OS. The third kappa shape index (κ3) is 5.52. The zero-order chi connectivity index (χ0) is 37.0. The van der Waals surface area contributed by atoms with Crippen LogP contribution in [-0.4, -0.2) is 24.9 Å². The molecule has 0 bridgehead atoms. The summed E-state index contributed by atoms with van der Waals surface area (Å²) in [7, 11) is 0. The molecule has 0 unspecified atom stereocenters. The summed E-state index contributed by atoms with van der Waals surface area (Å²) in [6.07, 6.45) is 0. The first-order valence-corrected chi connectivity index (χ1v) is 19.2. The molecule has 0 radical (unpaired) electrons. The van der Waals surface area contributed by atoms with E-state index in [9.17, 15) is 0 Å². The number of para-hydroxylation sites is 1. The van der Waals surface area contributed by atoms with E-state index >= 15 is 0 Å². The maximum atomic E-state index is 6.69. The van der Waals surface area contributed by atoms with Crippen molar-refractivity contribution in [1.29, 1.82) is 0 Å². The van der Waals surface area contributed by atoms with Gasteiger partial charge in [0.05, 0.1) is 15.9 Å². The summed E-state index contributed by atoms with van der Waals surface area (Å²) in [5.41, 5.74) is 10.3. The summed E-state index contributed by atoms with van der Waals surface area (Å²) >= 11 is 1.74. The van der Waals surface area contributed by atoms with Crippen LogP contribution in [0.1, 0.15) is 0 Å². The molecule has 0 fully saturated rings. The first kappa shape index (κ1) is 32.1. The van der Waals surface area contributed by atoms with Crippen molar-refractivity contribution in [2.24, 2.45) is 0 Å². The van der Waals surface area contributed by atoms with Crippen molar-refractivity contribution in [2.75, 3.05) is 0 Å². The van der Waals surface area contributed by atoms with Crippen molar-refractivity contribution in [1.82, 2.24) is 24.9 Å². The molecule has 6 nitrogen and oxygen atoms in total. The molecule has 4 heterocycles. The van der Waals surface area contributed by atoms with E-state index in [0.717, 1.165) is 82.2 Å². The van der Waals surface area contributed by atoms with Gasteiger partial charge >= 0.3 is 0 Å². The summed E-state index contributed by atoms with van der Waals surface area (Å²) < 4.78 is 9.00. The fourth-order valence-corrected chi connectivity index (χ4v) is 8.57. The lowest BCUT2D eigenvalue weighted by atomic mass is 10.0. The summed E-state index contributed by atoms with van der Waals surface area (Å²) in [6.45, 7) is 0. The van der Waals surface area contributed by atoms with Gasteiger partial charge in [-0.1, -0.05) is 158 Å². The summed E-state index contributed by atoms with van der Waals surface area (Å²) in [5.74, 6) is 2.53. The van der Waals surface area contributed by atoms with Crippen LogP contribution >= 0.6 is 11.3 Å². The molecule has 262 valence electrons. The van der Waals surface area contributed by atoms with Gasteiger partial charge in [-0.25, -0.2) is 24.9 Å². The zero-order valence-electron chi connectivity index (χ0n) is 29.8. The highest BCUT2D eigenvalue weighted by Crippen LogP contribution is 2.41. The highest BCUT2D eigenvalue weighted by Gasteiger charge is 2.19. The standard InChI is InChI=1S/C49H29N5OS/c1-4-13-31(14-5-1)42-45-43(39-19-10-11-22-41(39)56-45)51-46(50-42)34-25-23-30(24-26-34)36-20-12-21-38-37-28-27-35(29-40(37)55-44(36)38)49-53-47(32-15-6-2-7-16-32)52-48(54-49)33-17-8-3-9-18-33/h1-29H. The van der Waals surface area contributed by atoms with E-state index in [1.54, 1.807) is 11.3 Å². The SMILES string of the molecule is c1ccc(-c2nc(-c3ccccc3)nc(-c3ccc4c(c3)oc3c(-c5ccc(-c6nc(-c7ccccc7)c7sc8ccccc8c7n6)cc5)cccc34)n2)cc1. The molecule has 0 amide bonds. The predicted octanol–water partition coefficient (Wildman–Crippen LogP) is 12.9. The van der Waals surface area contributed by atoms with Crippen LogP contribution in [-0.2, 0) is 0 Å². The van der Waals surface area contributed by atoms with E-state index in [-0.39, 0.29) is 0 Å². The Morgan fingerprint density at radius 2 is 0.911 bits per heavy atom.